The fourth-order valence-corrected chi connectivity index (χ4v) is 3.53. The smallest absolute Gasteiger partial charge is 0.0443 e. The van der Waals surface area contributed by atoms with Gasteiger partial charge in [-0.15, -0.1) is 0 Å². The molecule has 4 nitrogen and oxygen atoms in total. The first-order valence-electron chi connectivity index (χ1n) is 8.79. The van der Waals surface area contributed by atoms with Crippen LogP contribution < -0.4 is 16.0 Å². The third-order valence-electron chi connectivity index (χ3n) is 4.84. The number of piperidine rings is 1. The summed E-state index contributed by atoms with van der Waals surface area (Å²) in [6, 6.07) is 7.53. The molecule has 1 saturated heterocycles. The Hall–Kier alpha value is -2.33. The third kappa shape index (κ3) is 3.15. The highest BCUT2D eigenvalue weighted by Crippen LogP contribution is 2.30. The van der Waals surface area contributed by atoms with Crippen molar-refractivity contribution in [1.29, 1.82) is 0 Å². The van der Waals surface area contributed by atoms with E-state index in [0.717, 1.165) is 25.9 Å². The fraction of sp³-hybridized carbons (Fsp3) is 0.350. The van der Waals surface area contributed by atoms with E-state index in [1.165, 1.54) is 27.6 Å². The van der Waals surface area contributed by atoms with E-state index in [1.807, 2.05) is 18.6 Å². The summed E-state index contributed by atoms with van der Waals surface area (Å²) < 4.78 is 0. The van der Waals surface area contributed by atoms with Gasteiger partial charge in [-0.2, -0.15) is 0 Å². The van der Waals surface area contributed by atoms with Crippen molar-refractivity contribution in [3.8, 4) is 0 Å². The number of rotatable bonds is 3. The average molecular weight is 320 g/mol. The van der Waals surface area contributed by atoms with Crippen molar-refractivity contribution in [2.24, 2.45) is 0 Å². The molecule has 2 aliphatic rings. The van der Waals surface area contributed by atoms with Crippen LogP contribution in [0.4, 0.5) is 5.69 Å². The minimum absolute atomic E-state index is 0.360. The Morgan fingerprint density at radius 3 is 2.92 bits per heavy atom. The van der Waals surface area contributed by atoms with Crippen molar-refractivity contribution in [3.63, 3.8) is 0 Å². The Morgan fingerprint density at radius 2 is 2.08 bits per heavy atom. The molecule has 1 aromatic heterocycles. The molecule has 0 aliphatic carbocycles. The van der Waals surface area contributed by atoms with Crippen LogP contribution in [0.2, 0.25) is 0 Å². The summed E-state index contributed by atoms with van der Waals surface area (Å²) in [4.78, 5) is 4.33. The van der Waals surface area contributed by atoms with Crippen molar-refractivity contribution in [2.45, 2.75) is 31.8 Å². The van der Waals surface area contributed by atoms with Crippen LogP contribution >= 0.6 is 0 Å². The number of pyridine rings is 1. The number of hydrogen-bond donors (Lipinski definition) is 3. The molecule has 0 saturated carbocycles. The Morgan fingerprint density at radius 1 is 1.21 bits per heavy atom. The maximum atomic E-state index is 4.33. The van der Waals surface area contributed by atoms with Gasteiger partial charge in [0.1, 0.15) is 0 Å². The van der Waals surface area contributed by atoms with Crippen molar-refractivity contribution in [3.05, 3.63) is 54.5 Å². The lowest BCUT2D eigenvalue weighted by Gasteiger charge is -2.26. The van der Waals surface area contributed by atoms with Crippen molar-refractivity contribution in [2.75, 3.05) is 18.4 Å². The van der Waals surface area contributed by atoms with E-state index >= 15 is 0 Å². The molecule has 24 heavy (non-hydrogen) atoms. The monoisotopic (exact) mass is 320 g/mol. The Bertz CT molecular complexity index is 787. The van der Waals surface area contributed by atoms with E-state index in [1.54, 1.807) is 0 Å². The van der Waals surface area contributed by atoms with Gasteiger partial charge in [0, 0.05) is 35.6 Å². The van der Waals surface area contributed by atoms with Crippen LogP contribution in [0.1, 0.15) is 25.3 Å². The standard InChI is InChI=1S/C20H24N4/c1-14-10-15(3-9-23-14)17-11-16-2-6-22-13-19(16)20(12-17)24-18-4-7-21-8-5-18/h2-3,6,9-14,18,21,23-24H,4-5,7-8H2,1H3. The number of fused-ring (bicyclic) bond motifs is 1. The van der Waals surface area contributed by atoms with Gasteiger partial charge in [-0.1, -0.05) is 6.08 Å². The zero-order valence-corrected chi connectivity index (χ0v) is 14.0. The quantitative estimate of drug-likeness (QED) is 0.812. The van der Waals surface area contributed by atoms with Gasteiger partial charge in [0.25, 0.3) is 0 Å². The second-order valence-electron chi connectivity index (χ2n) is 6.70. The highest BCUT2D eigenvalue weighted by Gasteiger charge is 2.15. The van der Waals surface area contributed by atoms with Crippen LogP contribution in [0.5, 0.6) is 0 Å². The summed E-state index contributed by atoms with van der Waals surface area (Å²) in [5.74, 6) is 0. The molecule has 0 amide bonds. The summed E-state index contributed by atoms with van der Waals surface area (Å²) in [7, 11) is 0. The van der Waals surface area contributed by atoms with E-state index in [0.29, 0.717) is 12.1 Å². The summed E-state index contributed by atoms with van der Waals surface area (Å²) in [6.07, 6.45) is 12.6. The number of anilines is 1. The molecule has 0 radical (unpaired) electrons. The van der Waals surface area contributed by atoms with Crippen LogP contribution in [-0.2, 0) is 0 Å². The SMILES string of the molecule is CC1C=C(c2cc(NC3CCNCC3)c3cnccc3c2)C=CN1. The first-order chi connectivity index (χ1) is 11.8. The van der Waals surface area contributed by atoms with E-state index < -0.39 is 0 Å². The lowest BCUT2D eigenvalue weighted by Crippen LogP contribution is -2.35. The molecule has 2 aromatic rings. The first-order valence-corrected chi connectivity index (χ1v) is 8.79. The molecule has 4 rings (SSSR count). The molecule has 3 heterocycles. The molecule has 3 N–H and O–H groups in total. The second-order valence-corrected chi connectivity index (χ2v) is 6.70. The number of nitrogens with zero attached hydrogens (tertiary/aromatic N) is 1. The van der Waals surface area contributed by atoms with Crippen molar-refractivity contribution >= 4 is 22.0 Å². The average Bonchev–Trinajstić information content (AvgIpc) is 2.62. The molecule has 1 aromatic carbocycles. The fourth-order valence-electron chi connectivity index (χ4n) is 3.53. The lowest BCUT2D eigenvalue weighted by atomic mass is 9.97. The molecule has 2 aliphatic heterocycles. The predicted octanol–water partition coefficient (Wildman–Crippen LogP) is 3.29. The minimum atomic E-state index is 0.360. The van der Waals surface area contributed by atoms with Gasteiger partial charge in [0.2, 0.25) is 0 Å². The van der Waals surface area contributed by atoms with E-state index in [4.69, 9.17) is 0 Å². The number of hydrogen-bond acceptors (Lipinski definition) is 4. The van der Waals surface area contributed by atoms with Crippen LogP contribution in [0.15, 0.2) is 48.9 Å². The van der Waals surface area contributed by atoms with Crippen molar-refractivity contribution < 1.29 is 0 Å². The van der Waals surface area contributed by atoms with Gasteiger partial charge in [-0.05, 0) is 79.9 Å². The van der Waals surface area contributed by atoms with Crippen molar-refractivity contribution in [1.82, 2.24) is 15.6 Å². The molecule has 4 heteroatoms. The molecule has 1 atom stereocenters. The lowest BCUT2D eigenvalue weighted by molar-refractivity contribution is 0.479. The van der Waals surface area contributed by atoms with E-state index in [9.17, 15) is 0 Å². The number of dihydropyridines is 1. The normalized spacial score (nSPS) is 21.4. The van der Waals surface area contributed by atoms with Gasteiger partial charge in [0.15, 0.2) is 0 Å². The molecular weight excluding hydrogens is 296 g/mol. The minimum Gasteiger partial charge on any atom is -0.385 e. The largest absolute Gasteiger partial charge is 0.385 e. The molecule has 0 spiro atoms. The zero-order valence-electron chi connectivity index (χ0n) is 14.0. The van der Waals surface area contributed by atoms with Crippen LogP contribution in [-0.4, -0.2) is 30.2 Å². The molecule has 1 fully saturated rings. The van der Waals surface area contributed by atoms with E-state index in [2.05, 4.69) is 58.2 Å². The molecular formula is C20H24N4. The van der Waals surface area contributed by atoms with Crippen LogP contribution in [0.25, 0.3) is 16.3 Å². The van der Waals surface area contributed by atoms with Crippen LogP contribution in [0, 0.1) is 0 Å². The molecule has 124 valence electrons. The van der Waals surface area contributed by atoms with Gasteiger partial charge < -0.3 is 16.0 Å². The van der Waals surface area contributed by atoms with Gasteiger partial charge in [-0.3, -0.25) is 4.98 Å². The number of nitrogens with one attached hydrogen (secondary N) is 3. The third-order valence-corrected chi connectivity index (χ3v) is 4.84. The Balaban J connectivity index is 1.74. The first kappa shape index (κ1) is 15.2. The molecule has 1 unspecified atom stereocenters. The predicted molar refractivity (Wildman–Crippen MR) is 101 cm³/mol. The van der Waals surface area contributed by atoms with Crippen LogP contribution in [0.3, 0.4) is 0 Å². The highest BCUT2D eigenvalue weighted by atomic mass is 15.0. The topological polar surface area (TPSA) is 49.0 Å². The number of aromatic nitrogens is 1. The summed E-state index contributed by atoms with van der Waals surface area (Å²) in [5, 5.41) is 12.9. The Labute approximate surface area is 143 Å². The second kappa shape index (κ2) is 6.65. The summed E-state index contributed by atoms with van der Waals surface area (Å²) in [5.41, 5.74) is 3.73. The summed E-state index contributed by atoms with van der Waals surface area (Å²) in [6.45, 7) is 4.35. The highest BCUT2D eigenvalue weighted by molar-refractivity contribution is 5.97. The maximum absolute atomic E-state index is 4.33. The van der Waals surface area contributed by atoms with Gasteiger partial charge in [0.05, 0.1) is 0 Å². The number of benzene rings is 1. The zero-order chi connectivity index (χ0) is 16.4. The Kier molecular flexibility index (Phi) is 4.22. The maximum Gasteiger partial charge on any atom is 0.0443 e. The molecule has 0 bridgehead atoms. The van der Waals surface area contributed by atoms with E-state index in [-0.39, 0.29) is 0 Å². The van der Waals surface area contributed by atoms with Gasteiger partial charge >= 0.3 is 0 Å². The summed E-state index contributed by atoms with van der Waals surface area (Å²) >= 11 is 0. The van der Waals surface area contributed by atoms with Gasteiger partial charge in [-0.25, -0.2) is 0 Å². The number of allylic oxidation sites excluding steroid dienone is 2.